The Morgan fingerprint density at radius 3 is 2.52 bits per heavy atom. The molecule has 1 fully saturated rings. The Morgan fingerprint density at radius 1 is 1.18 bits per heavy atom. The molecule has 3 N–H and O–H groups in total. The van der Waals surface area contributed by atoms with Crippen LogP contribution < -0.4 is 14.9 Å². The number of H-pyrrole nitrogens is 1. The van der Waals surface area contributed by atoms with Crippen molar-refractivity contribution in [2.24, 2.45) is 0 Å². The van der Waals surface area contributed by atoms with Crippen molar-refractivity contribution in [2.75, 3.05) is 11.2 Å². The van der Waals surface area contributed by atoms with Gasteiger partial charge in [0.1, 0.15) is 5.82 Å². The van der Waals surface area contributed by atoms with E-state index in [1.54, 1.807) is 11.0 Å². The SMILES string of the molecule is Cc1[nH]c(CN2C(=O)Cc3cc(F)ccc32)c(C)c1C(=O)NC1CCC(NS(C)(=O)=O)CC1. The third-order valence-electron chi connectivity index (χ3n) is 6.50. The molecule has 2 amide bonds. The van der Waals surface area contributed by atoms with Crippen LogP contribution in [-0.4, -0.2) is 43.6 Å². The van der Waals surface area contributed by atoms with Gasteiger partial charge < -0.3 is 15.2 Å². The standard InChI is InChI=1S/C23H29FN4O4S/c1-13-19(12-28-20-9-4-16(24)10-15(20)11-21(28)29)25-14(2)22(13)23(30)26-17-5-7-18(8-6-17)27-33(3,31)32/h4,9-10,17-18,25,27H,5-8,11-12H2,1-3H3,(H,26,30). The number of amides is 2. The van der Waals surface area contributed by atoms with E-state index in [4.69, 9.17) is 0 Å². The van der Waals surface area contributed by atoms with Crippen molar-refractivity contribution < 1.29 is 22.4 Å². The average Bonchev–Trinajstić information content (AvgIpc) is 3.17. The van der Waals surface area contributed by atoms with Gasteiger partial charge in [0.15, 0.2) is 0 Å². The van der Waals surface area contributed by atoms with Crippen LogP contribution in [0.15, 0.2) is 18.2 Å². The Hall–Kier alpha value is -2.72. The maximum atomic E-state index is 13.5. The summed E-state index contributed by atoms with van der Waals surface area (Å²) >= 11 is 0. The molecule has 33 heavy (non-hydrogen) atoms. The van der Waals surface area contributed by atoms with E-state index in [1.165, 1.54) is 12.1 Å². The molecule has 2 heterocycles. The molecule has 0 saturated heterocycles. The molecule has 1 aromatic carbocycles. The lowest BCUT2D eigenvalue weighted by atomic mass is 9.91. The zero-order chi connectivity index (χ0) is 23.9. The number of carbonyl (C=O) groups excluding carboxylic acids is 2. The molecule has 178 valence electrons. The van der Waals surface area contributed by atoms with Crippen LogP contribution in [0.4, 0.5) is 10.1 Å². The first-order valence-electron chi connectivity index (χ1n) is 11.1. The maximum absolute atomic E-state index is 13.5. The number of fused-ring (bicyclic) bond motifs is 1. The average molecular weight is 477 g/mol. The van der Waals surface area contributed by atoms with Crippen LogP contribution in [0.2, 0.25) is 0 Å². The van der Waals surface area contributed by atoms with Gasteiger partial charge in [-0.3, -0.25) is 9.59 Å². The third kappa shape index (κ3) is 5.11. The van der Waals surface area contributed by atoms with E-state index in [2.05, 4.69) is 15.0 Å². The molecule has 0 radical (unpaired) electrons. The van der Waals surface area contributed by atoms with Crippen molar-refractivity contribution in [3.63, 3.8) is 0 Å². The van der Waals surface area contributed by atoms with Crippen LogP contribution in [-0.2, 0) is 27.8 Å². The summed E-state index contributed by atoms with van der Waals surface area (Å²) in [4.78, 5) is 30.4. The fourth-order valence-corrected chi connectivity index (χ4v) is 5.75. The summed E-state index contributed by atoms with van der Waals surface area (Å²) in [6, 6.07) is 4.23. The number of hydrogen-bond acceptors (Lipinski definition) is 4. The number of benzene rings is 1. The molecule has 4 rings (SSSR count). The molecule has 1 aliphatic carbocycles. The van der Waals surface area contributed by atoms with Crippen LogP contribution in [0, 0.1) is 19.7 Å². The fourth-order valence-electron chi connectivity index (χ4n) is 4.91. The zero-order valence-electron chi connectivity index (χ0n) is 19.0. The number of sulfonamides is 1. The summed E-state index contributed by atoms with van der Waals surface area (Å²) in [7, 11) is -3.24. The first-order valence-corrected chi connectivity index (χ1v) is 13.0. The highest BCUT2D eigenvalue weighted by molar-refractivity contribution is 7.88. The molecule has 10 heteroatoms. The molecule has 0 atom stereocenters. The van der Waals surface area contributed by atoms with Gasteiger partial charge in [-0.2, -0.15) is 0 Å². The third-order valence-corrected chi connectivity index (χ3v) is 7.26. The predicted octanol–water partition coefficient (Wildman–Crippen LogP) is 2.45. The van der Waals surface area contributed by atoms with Crippen LogP contribution in [0.1, 0.15) is 58.6 Å². The predicted molar refractivity (Wildman–Crippen MR) is 123 cm³/mol. The van der Waals surface area contributed by atoms with E-state index in [9.17, 15) is 22.4 Å². The van der Waals surface area contributed by atoms with E-state index < -0.39 is 10.0 Å². The summed E-state index contributed by atoms with van der Waals surface area (Å²) in [6.45, 7) is 3.96. The largest absolute Gasteiger partial charge is 0.360 e. The lowest BCUT2D eigenvalue weighted by Crippen LogP contribution is -2.43. The molecule has 1 aliphatic heterocycles. The van der Waals surface area contributed by atoms with Gasteiger partial charge in [-0.25, -0.2) is 17.5 Å². The van der Waals surface area contributed by atoms with Gasteiger partial charge in [0, 0.05) is 29.2 Å². The molecule has 8 nitrogen and oxygen atoms in total. The van der Waals surface area contributed by atoms with E-state index >= 15 is 0 Å². The highest BCUT2D eigenvalue weighted by Gasteiger charge is 2.30. The van der Waals surface area contributed by atoms with Crippen molar-refractivity contribution >= 4 is 27.5 Å². The summed E-state index contributed by atoms with van der Waals surface area (Å²) in [5, 5.41) is 3.08. The monoisotopic (exact) mass is 476 g/mol. The summed E-state index contributed by atoms with van der Waals surface area (Å²) in [6.07, 6.45) is 4.06. The minimum atomic E-state index is -3.24. The Labute approximate surface area is 193 Å². The van der Waals surface area contributed by atoms with Crippen LogP contribution >= 0.6 is 0 Å². The maximum Gasteiger partial charge on any atom is 0.253 e. The second kappa shape index (κ2) is 8.90. The highest BCUT2D eigenvalue weighted by atomic mass is 32.2. The van der Waals surface area contributed by atoms with Crippen molar-refractivity contribution in [1.29, 1.82) is 0 Å². The molecule has 0 spiro atoms. The zero-order valence-corrected chi connectivity index (χ0v) is 19.8. The van der Waals surface area contributed by atoms with Gasteiger partial charge in [-0.1, -0.05) is 0 Å². The van der Waals surface area contributed by atoms with E-state index in [0.717, 1.165) is 23.2 Å². The van der Waals surface area contributed by atoms with Crippen LogP contribution in [0.25, 0.3) is 0 Å². The number of anilines is 1. The number of nitrogens with one attached hydrogen (secondary N) is 3. The quantitative estimate of drug-likeness (QED) is 0.595. The normalized spacial score (nSPS) is 20.7. The molecule has 2 aliphatic rings. The second-order valence-electron chi connectivity index (χ2n) is 9.07. The number of nitrogens with zero attached hydrogens (tertiary/aromatic N) is 1. The Bertz CT molecular complexity index is 1200. The van der Waals surface area contributed by atoms with Gasteiger partial charge in [-0.15, -0.1) is 0 Å². The molecule has 1 aromatic heterocycles. The Morgan fingerprint density at radius 2 is 1.85 bits per heavy atom. The summed E-state index contributed by atoms with van der Waals surface area (Å²) in [5.41, 5.74) is 4.19. The van der Waals surface area contributed by atoms with Crippen LogP contribution in [0.3, 0.4) is 0 Å². The Balaban J connectivity index is 1.43. The molecular weight excluding hydrogens is 447 g/mol. The second-order valence-corrected chi connectivity index (χ2v) is 10.9. The number of rotatable bonds is 6. The number of aromatic amines is 1. The minimum absolute atomic E-state index is 0.0193. The smallest absolute Gasteiger partial charge is 0.253 e. The lowest BCUT2D eigenvalue weighted by Gasteiger charge is -2.29. The summed E-state index contributed by atoms with van der Waals surface area (Å²) in [5.74, 6) is -0.648. The van der Waals surface area contributed by atoms with Crippen molar-refractivity contribution in [1.82, 2.24) is 15.0 Å². The fraction of sp³-hybridized carbons (Fsp3) is 0.478. The van der Waals surface area contributed by atoms with Gasteiger partial charge in [-0.05, 0) is 68.9 Å². The van der Waals surface area contributed by atoms with E-state index in [0.29, 0.717) is 42.5 Å². The molecular formula is C23H29FN4O4S. The van der Waals surface area contributed by atoms with Gasteiger partial charge in [0.25, 0.3) is 5.91 Å². The number of halogens is 1. The number of carbonyl (C=O) groups is 2. The van der Waals surface area contributed by atoms with Crippen LogP contribution in [0.5, 0.6) is 0 Å². The molecule has 0 unspecified atom stereocenters. The first-order chi connectivity index (χ1) is 15.5. The minimum Gasteiger partial charge on any atom is -0.360 e. The summed E-state index contributed by atoms with van der Waals surface area (Å²) < 4.78 is 39.0. The lowest BCUT2D eigenvalue weighted by molar-refractivity contribution is -0.117. The topological polar surface area (TPSA) is 111 Å². The molecule has 2 aromatic rings. The highest BCUT2D eigenvalue weighted by Crippen LogP contribution is 2.32. The molecule has 0 bridgehead atoms. The Kier molecular flexibility index (Phi) is 6.32. The van der Waals surface area contributed by atoms with Gasteiger partial charge in [0.05, 0.1) is 24.8 Å². The first kappa shape index (κ1) is 23.4. The number of aryl methyl sites for hydroxylation is 1. The number of hydrogen-bond donors (Lipinski definition) is 3. The molecule has 1 saturated carbocycles. The van der Waals surface area contributed by atoms with E-state index in [1.807, 2.05) is 13.8 Å². The van der Waals surface area contributed by atoms with E-state index in [-0.39, 0.29) is 42.7 Å². The van der Waals surface area contributed by atoms with Gasteiger partial charge in [0.2, 0.25) is 15.9 Å². The van der Waals surface area contributed by atoms with Crippen molar-refractivity contribution in [3.8, 4) is 0 Å². The van der Waals surface area contributed by atoms with Crippen molar-refractivity contribution in [2.45, 2.75) is 64.6 Å². The van der Waals surface area contributed by atoms with Gasteiger partial charge >= 0.3 is 0 Å². The van der Waals surface area contributed by atoms with Crippen molar-refractivity contribution in [3.05, 3.63) is 52.1 Å². The number of aromatic nitrogens is 1.